The van der Waals surface area contributed by atoms with Crippen molar-refractivity contribution in [1.29, 1.82) is 0 Å². The molecule has 0 aromatic carbocycles. The number of ether oxygens (including phenoxy) is 1. The van der Waals surface area contributed by atoms with Gasteiger partial charge in [-0.2, -0.15) is 4.98 Å². The first kappa shape index (κ1) is 12.5. The summed E-state index contributed by atoms with van der Waals surface area (Å²) in [5.41, 5.74) is 0.638. The first-order valence-electron chi connectivity index (χ1n) is 5.98. The molecule has 6 nitrogen and oxygen atoms in total. The van der Waals surface area contributed by atoms with Crippen molar-refractivity contribution >= 4 is 11.6 Å². The van der Waals surface area contributed by atoms with Crippen LogP contribution in [0.2, 0.25) is 5.02 Å². The Morgan fingerprint density at radius 3 is 3.00 bits per heavy atom. The number of hydrogen-bond acceptors (Lipinski definition) is 6. The fourth-order valence-corrected chi connectivity index (χ4v) is 2.19. The normalized spacial score (nSPS) is 22.8. The highest BCUT2D eigenvalue weighted by molar-refractivity contribution is 6.30. The van der Waals surface area contributed by atoms with Crippen molar-refractivity contribution in [1.82, 2.24) is 20.4 Å². The molecule has 0 aliphatic carbocycles. The van der Waals surface area contributed by atoms with Crippen LogP contribution in [0.5, 0.6) is 0 Å². The molecule has 2 atom stereocenters. The van der Waals surface area contributed by atoms with Gasteiger partial charge < -0.3 is 14.6 Å². The molecule has 0 amide bonds. The van der Waals surface area contributed by atoms with E-state index in [1.165, 1.54) is 0 Å². The molecule has 2 unspecified atom stereocenters. The topological polar surface area (TPSA) is 73.1 Å². The third kappa shape index (κ3) is 2.47. The van der Waals surface area contributed by atoms with Gasteiger partial charge in [-0.05, 0) is 19.2 Å². The summed E-state index contributed by atoms with van der Waals surface area (Å²) >= 11 is 5.79. The summed E-state index contributed by atoms with van der Waals surface area (Å²) in [6.07, 6.45) is 1.56. The quantitative estimate of drug-likeness (QED) is 0.918. The van der Waals surface area contributed by atoms with E-state index >= 15 is 0 Å². The van der Waals surface area contributed by atoms with Gasteiger partial charge in [-0.25, -0.2) is 0 Å². The van der Waals surface area contributed by atoms with Crippen LogP contribution in [0.3, 0.4) is 0 Å². The van der Waals surface area contributed by atoms with Crippen LogP contribution in [-0.4, -0.2) is 41.4 Å². The van der Waals surface area contributed by atoms with Gasteiger partial charge in [-0.1, -0.05) is 16.8 Å². The lowest BCUT2D eigenvalue weighted by Crippen LogP contribution is -2.31. The van der Waals surface area contributed by atoms with E-state index in [0.717, 1.165) is 0 Å². The largest absolute Gasteiger partial charge is 0.379 e. The molecule has 1 saturated heterocycles. The summed E-state index contributed by atoms with van der Waals surface area (Å²) in [4.78, 5) is 8.55. The minimum absolute atomic E-state index is 0.0820. The summed E-state index contributed by atoms with van der Waals surface area (Å²) in [6.45, 7) is 1.24. The van der Waals surface area contributed by atoms with E-state index < -0.39 is 0 Å². The van der Waals surface area contributed by atoms with E-state index in [0.29, 0.717) is 35.6 Å². The van der Waals surface area contributed by atoms with Crippen LogP contribution >= 0.6 is 11.6 Å². The number of nitrogens with zero attached hydrogens (tertiary/aromatic N) is 3. The Kier molecular flexibility index (Phi) is 3.46. The summed E-state index contributed by atoms with van der Waals surface area (Å²) in [6, 6.07) is 3.71. The Morgan fingerprint density at radius 2 is 2.26 bits per heavy atom. The van der Waals surface area contributed by atoms with Gasteiger partial charge in [0.15, 0.2) is 0 Å². The van der Waals surface area contributed by atoms with Crippen LogP contribution in [0, 0.1) is 0 Å². The van der Waals surface area contributed by atoms with Gasteiger partial charge in [0, 0.05) is 12.2 Å². The van der Waals surface area contributed by atoms with Gasteiger partial charge in [0.1, 0.15) is 5.69 Å². The van der Waals surface area contributed by atoms with Crippen LogP contribution < -0.4 is 5.32 Å². The van der Waals surface area contributed by atoms with Crippen LogP contribution in [0.4, 0.5) is 0 Å². The molecule has 100 valence electrons. The molecule has 0 saturated carbocycles. The molecule has 2 aromatic heterocycles. The van der Waals surface area contributed by atoms with Crippen molar-refractivity contribution in [3.05, 3.63) is 29.2 Å². The maximum atomic E-state index is 5.79. The molecule has 19 heavy (non-hydrogen) atoms. The Hall–Kier alpha value is -1.50. The summed E-state index contributed by atoms with van der Waals surface area (Å²) in [7, 11) is 1.89. The van der Waals surface area contributed by atoms with E-state index in [1.807, 2.05) is 7.05 Å². The second kappa shape index (κ2) is 5.24. The fraction of sp³-hybridized carbons (Fsp3) is 0.417. The van der Waals surface area contributed by atoms with Gasteiger partial charge in [-0.3, -0.25) is 4.98 Å². The number of halogens is 1. The Balaban J connectivity index is 1.85. The third-order valence-electron chi connectivity index (χ3n) is 3.17. The van der Waals surface area contributed by atoms with Gasteiger partial charge in [0.2, 0.25) is 11.7 Å². The molecule has 1 aliphatic heterocycles. The lowest BCUT2D eigenvalue weighted by atomic mass is 10.0. The van der Waals surface area contributed by atoms with E-state index in [-0.39, 0.29) is 12.0 Å². The van der Waals surface area contributed by atoms with Crippen LogP contribution in [0.15, 0.2) is 22.9 Å². The standard InChI is InChI=1S/C12H13ClN4O2/c1-14-10-6-18-5-8(10)12-16-11(17-19-12)9-3-2-7(13)4-15-9/h2-4,8,10,14H,5-6H2,1H3. The van der Waals surface area contributed by atoms with Crippen LogP contribution in [0.25, 0.3) is 11.5 Å². The maximum absolute atomic E-state index is 5.79. The summed E-state index contributed by atoms with van der Waals surface area (Å²) in [5, 5.41) is 7.71. The second-order valence-electron chi connectivity index (χ2n) is 4.36. The minimum Gasteiger partial charge on any atom is -0.379 e. The number of aromatic nitrogens is 3. The molecule has 3 heterocycles. The van der Waals surface area contributed by atoms with Crippen molar-refractivity contribution in [2.24, 2.45) is 0 Å². The monoisotopic (exact) mass is 280 g/mol. The number of likely N-dealkylation sites (N-methyl/N-ethyl adjacent to an activating group) is 1. The van der Waals surface area contributed by atoms with Crippen molar-refractivity contribution in [3.63, 3.8) is 0 Å². The smallest absolute Gasteiger partial charge is 0.234 e. The lowest BCUT2D eigenvalue weighted by Gasteiger charge is -2.11. The minimum atomic E-state index is 0.0820. The van der Waals surface area contributed by atoms with E-state index in [1.54, 1.807) is 18.3 Å². The molecular weight excluding hydrogens is 268 g/mol. The van der Waals surface area contributed by atoms with Gasteiger partial charge in [0.25, 0.3) is 0 Å². The summed E-state index contributed by atoms with van der Waals surface area (Å²) < 4.78 is 10.7. The highest BCUT2D eigenvalue weighted by Gasteiger charge is 2.33. The average Bonchev–Trinajstić information content (AvgIpc) is 3.07. The Bertz CT molecular complexity index is 557. The van der Waals surface area contributed by atoms with Crippen LogP contribution in [-0.2, 0) is 4.74 Å². The van der Waals surface area contributed by atoms with Crippen molar-refractivity contribution in [2.75, 3.05) is 20.3 Å². The van der Waals surface area contributed by atoms with Gasteiger partial charge in [0.05, 0.1) is 24.2 Å². The average molecular weight is 281 g/mol. The molecule has 1 N–H and O–H groups in total. The van der Waals surface area contributed by atoms with E-state index in [2.05, 4.69) is 20.4 Å². The third-order valence-corrected chi connectivity index (χ3v) is 3.39. The predicted octanol–water partition coefficient (Wildman–Crippen LogP) is 1.49. The maximum Gasteiger partial charge on any atom is 0.234 e. The molecule has 3 rings (SSSR count). The molecule has 7 heteroatoms. The number of rotatable bonds is 3. The van der Waals surface area contributed by atoms with Gasteiger partial charge in [-0.15, -0.1) is 0 Å². The predicted molar refractivity (Wildman–Crippen MR) is 68.9 cm³/mol. The van der Waals surface area contributed by atoms with Crippen molar-refractivity contribution < 1.29 is 9.26 Å². The lowest BCUT2D eigenvalue weighted by molar-refractivity contribution is 0.185. The zero-order valence-electron chi connectivity index (χ0n) is 10.3. The van der Waals surface area contributed by atoms with Gasteiger partial charge >= 0.3 is 0 Å². The number of nitrogens with one attached hydrogen (secondary N) is 1. The Labute approximate surface area is 115 Å². The van der Waals surface area contributed by atoms with Crippen molar-refractivity contribution in [2.45, 2.75) is 12.0 Å². The zero-order valence-corrected chi connectivity index (χ0v) is 11.1. The SMILES string of the molecule is CNC1COCC1c1nc(-c2ccc(Cl)cn2)no1. The number of hydrogen-bond donors (Lipinski definition) is 1. The molecule has 0 radical (unpaired) electrons. The second-order valence-corrected chi connectivity index (χ2v) is 4.79. The van der Waals surface area contributed by atoms with Crippen LogP contribution in [0.1, 0.15) is 11.8 Å². The summed E-state index contributed by atoms with van der Waals surface area (Å²) in [5.74, 6) is 1.12. The first-order valence-corrected chi connectivity index (χ1v) is 6.36. The van der Waals surface area contributed by atoms with E-state index in [4.69, 9.17) is 20.9 Å². The molecule has 1 aliphatic rings. The van der Waals surface area contributed by atoms with E-state index in [9.17, 15) is 0 Å². The first-order chi connectivity index (χ1) is 9.28. The highest BCUT2D eigenvalue weighted by atomic mass is 35.5. The Morgan fingerprint density at radius 1 is 1.37 bits per heavy atom. The molecule has 0 bridgehead atoms. The number of pyridine rings is 1. The highest BCUT2D eigenvalue weighted by Crippen LogP contribution is 2.26. The zero-order chi connectivity index (χ0) is 13.2. The molecule has 2 aromatic rings. The van der Waals surface area contributed by atoms with Crippen molar-refractivity contribution in [3.8, 4) is 11.5 Å². The molecular formula is C12H13ClN4O2. The fourth-order valence-electron chi connectivity index (χ4n) is 2.08. The molecule has 1 fully saturated rings. The molecule has 0 spiro atoms.